The summed E-state index contributed by atoms with van der Waals surface area (Å²) >= 11 is 0. The molecule has 4 aliphatic carbocycles. The van der Waals surface area contributed by atoms with Crippen LogP contribution in [0.3, 0.4) is 0 Å². The maximum absolute atomic E-state index is 12.3. The lowest BCUT2D eigenvalue weighted by molar-refractivity contribution is -0.179. The van der Waals surface area contributed by atoms with Crippen molar-refractivity contribution < 1.29 is 19.7 Å². The number of aliphatic hydroxyl groups excluding tert-OH is 2. The summed E-state index contributed by atoms with van der Waals surface area (Å²) in [5.41, 5.74) is 0.140. The van der Waals surface area contributed by atoms with E-state index >= 15 is 0 Å². The van der Waals surface area contributed by atoms with E-state index in [0.717, 1.165) is 32.1 Å². The molecule has 1 amide bonds. The van der Waals surface area contributed by atoms with E-state index in [4.69, 9.17) is 4.74 Å². The molecule has 1 saturated heterocycles. The Hall–Kier alpha value is -0.650. The van der Waals surface area contributed by atoms with Gasteiger partial charge in [0.2, 0.25) is 5.91 Å². The minimum atomic E-state index is -0.475. The Morgan fingerprint density at radius 2 is 1.76 bits per heavy atom. The summed E-state index contributed by atoms with van der Waals surface area (Å²) in [6.07, 6.45) is 9.31. The minimum Gasteiger partial charge on any atom is -0.393 e. The van der Waals surface area contributed by atoms with Crippen LogP contribution in [0.1, 0.15) is 113 Å². The Morgan fingerprint density at radius 1 is 1.05 bits per heavy atom. The standard InChI is InChI=1S/C32H55NO4/c1-19(2)33(21(4)34)18-23-16-20(3)26-27(37-23)28(36)31(8)22-10-11-24-29(5,6)25(35)12-15-32(24,17-22)14-9-13-30(26,31)7/h19-20,22-28,35-36H,9-18H2,1-8H3/t20-,22?,23?,24+,25+,26+,27?,28+,30-,31-,32?/m1/s1. The Balaban J connectivity index is 1.45. The van der Waals surface area contributed by atoms with Gasteiger partial charge in [0, 0.05) is 24.9 Å². The number of carbonyl (C=O) groups excluding carboxylic acids is 1. The fourth-order valence-electron chi connectivity index (χ4n) is 11.3. The van der Waals surface area contributed by atoms with Crippen LogP contribution in [-0.4, -0.2) is 58.0 Å². The average molecular weight is 518 g/mol. The summed E-state index contributed by atoms with van der Waals surface area (Å²) in [5.74, 6) is 1.97. The van der Waals surface area contributed by atoms with E-state index in [9.17, 15) is 15.0 Å². The molecule has 1 heterocycles. The third-order valence-corrected chi connectivity index (χ3v) is 13.4. The first-order chi connectivity index (χ1) is 17.2. The molecule has 37 heavy (non-hydrogen) atoms. The Labute approximate surface area is 226 Å². The van der Waals surface area contributed by atoms with E-state index in [1.54, 1.807) is 6.92 Å². The smallest absolute Gasteiger partial charge is 0.219 e. The molecule has 5 rings (SSSR count). The number of nitrogens with zero attached hydrogens (tertiary/aromatic N) is 1. The van der Waals surface area contributed by atoms with Gasteiger partial charge < -0.3 is 19.8 Å². The summed E-state index contributed by atoms with van der Waals surface area (Å²) in [6.45, 7) is 18.3. The topological polar surface area (TPSA) is 70.0 Å². The monoisotopic (exact) mass is 517 g/mol. The second kappa shape index (κ2) is 9.20. The highest BCUT2D eigenvalue weighted by Crippen LogP contribution is 2.72. The first-order valence-corrected chi connectivity index (χ1v) is 15.5. The van der Waals surface area contributed by atoms with Crippen molar-refractivity contribution in [3.05, 3.63) is 0 Å². The molecule has 0 aromatic heterocycles. The Bertz CT molecular complexity index is 888. The minimum absolute atomic E-state index is 0.0170. The molecule has 4 saturated carbocycles. The van der Waals surface area contributed by atoms with Crippen molar-refractivity contribution >= 4 is 5.91 Å². The lowest BCUT2D eigenvalue weighted by Crippen LogP contribution is -2.58. The molecule has 212 valence electrons. The van der Waals surface area contributed by atoms with Gasteiger partial charge in [-0.05, 0) is 105 Å². The van der Waals surface area contributed by atoms with Crippen LogP contribution >= 0.6 is 0 Å². The fourth-order valence-corrected chi connectivity index (χ4v) is 11.3. The fraction of sp³-hybridized carbons (Fsp3) is 0.969. The van der Waals surface area contributed by atoms with Crippen molar-refractivity contribution in [3.8, 4) is 0 Å². The molecule has 0 radical (unpaired) electrons. The van der Waals surface area contributed by atoms with Gasteiger partial charge >= 0.3 is 0 Å². The highest BCUT2D eigenvalue weighted by molar-refractivity contribution is 5.73. The van der Waals surface area contributed by atoms with Gasteiger partial charge in [0.15, 0.2) is 0 Å². The Morgan fingerprint density at radius 3 is 2.41 bits per heavy atom. The highest BCUT2D eigenvalue weighted by atomic mass is 16.5. The van der Waals surface area contributed by atoms with Crippen LogP contribution in [0.2, 0.25) is 0 Å². The maximum Gasteiger partial charge on any atom is 0.219 e. The molecule has 5 fully saturated rings. The zero-order valence-electron chi connectivity index (χ0n) is 24.9. The van der Waals surface area contributed by atoms with Crippen LogP contribution in [0.25, 0.3) is 0 Å². The largest absolute Gasteiger partial charge is 0.393 e. The second-order valence-corrected chi connectivity index (χ2v) is 15.5. The van der Waals surface area contributed by atoms with Crippen molar-refractivity contribution in [2.75, 3.05) is 6.54 Å². The van der Waals surface area contributed by atoms with Gasteiger partial charge in [-0.1, -0.05) is 41.0 Å². The maximum atomic E-state index is 12.3. The summed E-state index contributed by atoms with van der Waals surface area (Å²) < 4.78 is 6.84. The number of rotatable bonds is 3. The summed E-state index contributed by atoms with van der Waals surface area (Å²) in [4.78, 5) is 14.2. The molecule has 5 aliphatic rings. The van der Waals surface area contributed by atoms with Crippen LogP contribution in [0, 0.1) is 45.3 Å². The first-order valence-electron chi connectivity index (χ1n) is 15.5. The van der Waals surface area contributed by atoms with Gasteiger partial charge in [-0.2, -0.15) is 0 Å². The van der Waals surface area contributed by atoms with Gasteiger partial charge in [-0.25, -0.2) is 0 Å². The van der Waals surface area contributed by atoms with Crippen LogP contribution < -0.4 is 0 Å². The van der Waals surface area contributed by atoms with E-state index in [2.05, 4.69) is 48.5 Å². The molecule has 4 unspecified atom stereocenters. The third kappa shape index (κ3) is 3.90. The molecule has 2 bridgehead atoms. The van der Waals surface area contributed by atoms with Gasteiger partial charge in [0.05, 0.1) is 24.4 Å². The molecule has 0 aromatic carbocycles. The molecule has 2 N–H and O–H groups in total. The number of aliphatic hydroxyl groups is 2. The molecular formula is C32H55NO4. The number of carbonyl (C=O) groups is 1. The lowest BCUT2D eigenvalue weighted by atomic mass is 9.41. The van der Waals surface area contributed by atoms with E-state index in [-0.39, 0.29) is 46.5 Å². The number of hydrogen-bond donors (Lipinski definition) is 2. The van der Waals surface area contributed by atoms with Gasteiger partial charge in [-0.15, -0.1) is 0 Å². The number of ether oxygens (including phenoxy) is 1. The molecule has 1 spiro atoms. The zero-order chi connectivity index (χ0) is 27.1. The van der Waals surface area contributed by atoms with E-state index in [1.807, 2.05) is 4.90 Å². The normalized spacial score (nSPS) is 50.9. The van der Waals surface area contributed by atoms with Crippen LogP contribution in [0.5, 0.6) is 0 Å². The first kappa shape index (κ1) is 27.9. The molecule has 11 atom stereocenters. The predicted molar refractivity (Wildman–Crippen MR) is 147 cm³/mol. The second-order valence-electron chi connectivity index (χ2n) is 15.5. The Kier molecular flexibility index (Phi) is 6.93. The quantitative estimate of drug-likeness (QED) is 0.496. The van der Waals surface area contributed by atoms with Gasteiger partial charge in [-0.3, -0.25) is 4.79 Å². The number of hydrogen-bond acceptors (Lipinski definition) is 4. The summed E-state index contributed by atoms with van der Waals surface area (Å²) in [7, 11) is 0. The number of amides is 1. The molecule has 5 heteroatoms. The molecule has 5 nitrogen and oxygen atoms in total. The van der Waals surface area contributed by atoms with Crippen molar-refractivity contribution in [3.63, 3.8) is 0 Å². The SMILES string of the molecule is CC(=O)N(CC1C[C@@H](C)[C@H]2C(O1)[C@H](O)[C@@]1(C)C3CC[C@@H]4C(CCC[C@]21C)(CC[C@H](O)C4(C)C)C3)C(C)C. The van der Waals surface area contributed by atoms with Crippen LogP contribution in [0.4, 0.5) is 0 Å². The molecular weight excluding hydrogens is 462 g/mol. The third-order valence-electron chi connectivity index (χ3n) is 13.4. The van der Waals surface area contributed by atoms with Gasteiger partial charge in [0.25, 0.3) is 0 Å². The van der Waals surface area contributed by atoms with Crippen LogP contribution in [0.15, 0.2) is 0 Å². The average Bonchev–Trinajstić information content (AvgIpc) is 2.98. The van der Waals surface area contributed by atoms with E-state index in [1.165, 1.54) is 25.7 Å². The number of fused-ring (bicyclic) bond motifs is 5. The molecule has 1 aliphatic heterocycles. The highest BCUT2D eigenvalue weighted by Gasteiger charge is 2.71. The van der Waals surface area contributed by atoms with Crippen molar-refractivity contribution in [1.82, 2.24) is 4.90 Å². The zero-order valence-corrected chi connectivity index (χ0v) is 24.9. The lowest BCUT2D eigenvalue weighted by Gasteiger charge is -2.64. The van der Waals surface area contributed by atoms with Crippen molar-refractivity contribution in [1.29, 1.82) is 0 Å². The van der Waals surface area contributed by atoms with Crippen molar-refractivity contribution in [2.24, 2.45) is 45.3 Å². The van der Waals surface area contributed by atoms with Gasteiger partial charge in [0.1, 0.15) is 0 Å². The summed E-state index contributed by atoms with van der Waals surface area (Å²) in [5, 5.41) is 23.2. The van der Waals surface area contributed by atoms with E-state index in [0.29, 0.717) is 35.6 Å². The predicted octanol–water partition coefficient (Wildman–Crippen LogP) is 5.81. The van der Waals surface area contributed by atoms with E-state index < -0.39 is 6.10 Å². The molecule has 0 aromatic rings. The van der Waals surface area contributed by atoms with Crippen molar-refractivity contribution in [2.45, 2.75) is 144 Å². The summed E-state index contributed by atoms with van der Waals surface area (Å²) in [6, 6.07) is 0.150. The van der Waals surface area contributed by atoms with Crippen LogP contribution in [-0.2, 0) is 9.53 Å².